The quantitative estimate of drug-likeness (QED) is 0.247. The van der Waals surface area contributed by atoms with E-state index >= 15 is 0 Å². The number of fused-ring (bicyclic) bond motifs is 5. The summed E-state index contributed by atoms with van der Waals surface area (Å²) in [4.78, 5) is 24.7. The second-order valence-electron chi connectivity index (χ2n) is 12.3. The Hall–Kier alpha value is -1.12. The second-order valence-corrected chi connectivity index (χ2v) is 12.3. The maximum absolute atomic E-state index is 12.7. The molecule has 33 heavy (non-hydrogen) atoms. The molecular weight excluding hydrogens is 408 g/mol. The lowest BCUT2D eigenvalue weighted by atomic mass is 9.47. The summed E-state index contributed by atoms with van der Waals surface area (Å²) in [5.41, 5.74) is 1.82. The number of hydrogen-bond donors (Lipinski definition) is 0. The first kappa shape index (κ1) is 25.0. The van der Waals surface area contributed by atoms with Crippen LogP contribution in [0.15, 0.2) is 11.6 Å². The van der Waals surface area contributed by atoms with E-state index in [1.54, 1.807) is 0 Å². The molecule has 0 aliphatic heterocycles. The van der Waals surface area contributed by atoms with E-state index < -0.39 is 0 Å². The van der Waals surface area contributed by atoms with Crippen molar-refractivity contribution in [1.29, 1.82) is 0 Å². The summed E-state index contributed by atoms with van der Waals surface area (Å²) in [5, 5.41) is 0. The van der Waals surface area contributed by atoms with Crippen molar-refractivity contribution in [2.75, 3.05) is 0 Å². The highest BCUT2D eigenvalue weighted by molar-refractivity contribution is 5.91. The molecule has 0 bridgehead atoms. The summed E-state index contributed by atoms with van der Waals surface area (Å²) in [6, 6.07) is 0. The van der Waals surface area contributed by atoms with Gasteiger partial charge in [0.05, 0.1) is 0 Å². The number of ketones is 1. The van der Waals surface area contributed by atoms with Crippen LogP contribution in [-0.4, -0.2) is 17.9 Å². The van der Waals surface area contributed by atoms with Gasteiger partial charge in [-0.25, -0.2) is 0 Å². The Bertz CT molecular complexity index is 739. The van der Waals surface area contributed by atoms with E-state index in [0.29, 0.717) is 24.0 Å². The number of unbranched alkanes of at least 4 members (excludes halogenated alkanes) is 7. The first-order chi connectivity index (χ1) is 15.9. The maximum atomic E-state index is 12.7. The van der Waals surface area contributed by atoms with Crippen LogP contribution in [0.5, 0.6) is 0 Å². The lowest BCUT2D eigenvalue weighted by molar-refractivity contribution is -0.160. The smallest absolute Gasteiger partial charge is 0.306 e. The lowest BCUT2D eigenvalue weighted by Gasteiger charge is -2.57. The van der Waals surface area contributed by atoms with E-state index in [0.717, 1.165) is 44.4 Å². The zero-order chi connectivity index (χ0) is 23.5. The minimum absolute atomic E-state index is 0.0431. The number of carbonyl (C=O) groups excluding carboxylic acids is 2. The molecular formula is C30H48O3. The van der Waals surface area contributed by atoms with Crippen molar-refractivity contribution in [3.05, 3.63) is 11.6 Å². The van der Waals surface area contributed by atoms with Crippen molar-refractivity contribution in [3.8, 4) is 0 Å². The van der Waals surface area contributed by atoms with Gasteiger partial charge in [0.15, 0.2) is 5.78 Å². The van der Waals surface area contributed by atoms with Gasteiger partial charge in [-0.2, -0.15) is 0 Å². The van der Waals surface area contributed by atoms with Gasteiger partial charge >= 0.3 is 5.97 Å². The van der Waals surface area contributed by atoms with Crippen molar-refractivity contribution in [1.82, 2.24) is 0 Å². The minimum atomic E-state index is 0.0431. The Labute approximate surface area is 202 Å². The molecule has 0 aromatic carbocycles. The van der Waals surface area contributed by atoms with Gasteiger partial charge in [0, 0.05) is 18.3 Å². The third kappa shape index (κ3) is 5.13. The van der Waals surface area contributed by atoms with Gasteiger partial charge in [0.25, 0.3) is 0 Å². The van der Waals surface area contributed by atoms with E-state index in [-0.39, 0.29) is 22.9 Å². The third-order valence-corrected chi connectivity index (χ3v) is 10.4. The number of carbonyl (C=O) groups is 2. The average Bonchev–Trinajstić information content (AvgIpc) is 3.12. The molecule has 0 aromatic rings. The molecule has 0 heterocycles. The molecule has 6 atom stereocenters. The fourth-order valence-electron chi connectivity index (χ4n) is 8.33. The molecule has 4 aliphatic carbocycles. The Morgan fingerprint density at radius 2 is 1.64 bits per heavy atom. The molecule has 0 spiro atoms. The lowest BCUT2D eigenvalue weighted by Crippen LogP contribution is -2.51. The standard InChI is InChI=1S/C30H48O3/c1-4-5-6-7-8-9-10-11-12-28(32)33-27-16-15-25-24-14-13-22-21-23(31)17-19-29(22,2)26(24)18-20-30(25,27)3/h21,24-27H,4-20H2,1-3H3/t24-,25-,26+,27?,29-,30-/m0/s1. The van der Waals surface area contributed by atoms with Crippen molar-refractivity contribution in [2.24, 2.45) is 28.6 Å². The Morgan fingerprint density at radius 1 is 0.909 bits per heavy atom. The Morgan fingerprint density at radius 3 is 2.39 bits per heavy atom. The molecule has 3 saturated carbocycles. The Kier molecular flexibility index (Phi) is 8.06. The van der Waals surface area contributed by atoms with Gasteiger partial charge in [0.1, 0.15) is 6.10 Å². The minimum Gasteiger partial charge on any atom is -0.462 e. The molecule has 4 aliphatic rings. The number of rotatable bonds is 10. The van der Waals surface area contributed by atoms with Crippen LogP contribution < -0.4 is 0 Å². The highest BCUT2D eigenvalue weighted by Crippen LogP contribution is 2.65. The summed E-state index contributed by atoms with van der Waals surface area (Å²) in [6.45, 7) is 7.13. The van der Waals surface area contributed by atoms with E-state index in [9.17, 15) is 9.59 Å². The normalized spacial score (nSPS) is 37.7. The molecule has 0 amide bonds. The average molecular weight is 457 g/mol. The maximum Gasteiger partial charge on any atom is 0.306 e. The van der Waals surface area contributed by atoms with Crippen LogP contribution in [0.2, 0.25) is 0 Å². The number of ether oxygens (including phenoxy) is 1. The molecule has 3 fully saturated rings. The number of hydrogen-bond acceptors (Lipinski definition) is 3. The number of allylic oxidation sites excluding steroid dienone is 1. The first-order valence-corrected chi connectivity index (χ1v) is 14.3. The van der Waals surface area contributed by atoms with Crippen LogP contribution in [0.1, 0.15) is 130 Å². The molecule has 3 nitrogen and oxygen atoms in total. The van der Waals surface area contributed by atoms with Crippen LogP contribution in [0, 0.1) is 28.6 Å². The highest BCUT2D eigenvalue weighted by atomic mass is 16.5. The van der Waals surface area contributed by atoms with E-state index in [4.69, 9.17) is 4.74 Å². The second kappa shape index (κ2) is 10.6. The summed E-state index contributed by atoms with van der Waals surface area (Å²) < 4.78 is 6.17. The van der Waals surface area contributed by atoms with Gasteiger partial charge in [-0.05, 0) is 80.6 Å². The molecule has 0 aromatic heterocycles. The molecule has 4 rings (SSSR count). The summed E-state index contributed by atoms with van der Waals surface area (Å²) >= 11 is 0. The van der Waals surface area contributed by atoms with Gasteiger partial charge in [-0.3, -0.25) is 9.59 Å². The summed E-state index contributed by atoms with van der Waals surface area (Å²) in [5.74, 6) is 2.49. The van der Waals surface area contributed by atoms with Crippen LogP contribution in [0.25, 0.3) is 0 Å². The fourth-order valence-corrected chi connectivity index (χ4v) is 8.33. The topological polar surface area (TPSA) is 43.4 Å². The largest absolute Gasteiger partial charge is 0.462 e. The zero-order valence-electron chi connectivity index (χ0n) is 21.6. The van der Waals surface area contributed by atoms with Gasteiger partial charge in [-0.15, -0.1) is 0 Å². The van der Waals surface area contributed by atoms with E-state index in [2.05, 4.69) is 20.8 Å². The predicted molar refractivity (Wildman–Crippen MR) is 134 cm³/mol. The zero-order valence-corrected chi connectivity index (χ0v) is 21.6. The van der Waals surface area contributed by atoms with Gasteiger partial charge in [0.2, 0.25) is 0 Å². The van der Waals surface area contributed by atoms with Crippen LogP contribution in [0.3, 0.4) is 0 Å². The molecule has 186 valence electrons. The van der Waals surface area contributed by atoms with E-state index in [1.165, 1.54) is 69.8 Å². The summed E-state index contributed by atoms with van der Waals surface area (Å²) in [6.07, 6.45) is 21.5. The number of esters is 1. The van der Waals surface area contributed by atoms with Crippen molar-refractivity contribution in [3.63, 3.8) is 0 Å². The molecule has 0 radical (unpaired) electrons. The predicted octanol–water partition coefficient (Wildman–Crippen LogP) is 7.96. The SMILES string of the molecule is CCCCCCCCCCC(=O)OC1CC[C@H]2[C@@H]3CCC4=CC(=O)CC[C@]4(C)[C@@H]3CC[C@]12C. The van der Waals surface area contributed by atoms with Crippen LogP contribution >= 0.6 is 0 Å². The van der Waals surface area contributed by atoms with Crippen LogP contribution in [-0.2, 0) is 14.3 Å². The molecule has 0 saturated heterocycles. The van der Waals surface area contributed by atoms with Crippen molar-refractivity contribution >= 4 is 11.8 Å². The van der Waals surface area contributed by atoms with Crippen LogP contribution in [0.4, 0.5) is 0 Å². The third-order valence-electron chi connectivity index (χ3n) is 10.4. The fraction of sp³-hybridized carbons (Fsp3) is 0.867. The van der Waals surface area contributed by atoms with Gasteiger partial charge < -0.3 is 4.74 Å². The summed E-state index contributed by atoms with van der Waals surface area (Å²) in [7, 11) is 0. The highest BCUT2D eigenvalue weighted by Gasteiger charge is 2.59. The Balaban J connectivity index is 1.27. The molecule has 1 unspecified atom stereocenters. The van der Waals surface area contributed by atoms with E-state index in [1.807, 2.05) is 6.08 Å². The first-order valence-electron chi connectivity index (χ1n) is 14.3. The van der Waals surface area contributed by atoms with Gasteiger partial charge in [-0.1, -0.05) is 71.3 Å². The van der Waals surface area contributed by atoms with Crippen molar-refractivity contribution < 1.29 is 14.3 Å². The monoisotopic (exact) mass is 456 g/mol. The van der Waals surface area contributed by atoms with Crippen molar-refractivity contribution in [2.45, 2.75) is 136 Å². The molecule has 0 N–H and O–H groups in total. The molecule has 3 heteroatoms.